The van der Waals surface area contributed by atoms with Gasteiger partial charge in [-0.15, -0.1) is 0 Å². The number of hydrogen-bond acceptors (Lipinski definition) is 11. The first kappa shape index (κ1) is 53.6. The lowest BCUT2D eigenvalue weighted by Gasteiger charge is -2.20. The molecule has 4 rings (SSSR count). The first-order valence-corrected chi connectivity index (χ1v) is 21.8. The van der Waals surface area contributed by atoms with Gasteiger partial charge in [0.05, 0.1) is 24.2 Å². The first-order valence-electron chi connectivity index (χ1n) is 21.8. The highest BCUT2D eigenvalue weighted by atomic mass is 16.5. The van der Waals surface area contributed by atoms with Crippen LogP contribution in [0.25, 0.3) is 0 Å². The Labute approximate surface area is 391 Å². The van der Waals surface area contributed by atoms with Gasteiger partial charge in [0.1, 0.15) is 31.1 Å². The number of amides is 6. The highest BCUT2D eigenvalue weighted by Gasteiger charge is 2.25. The monoisotopic (exact) mass is 918 g/mol. The van der Waals surface area contributed by atoms with Gasteiger partial charge in [-0.25, -0.2) is 20.4 Å². The van der Waals surface area contributed by atoms with Gasteiger partial charge in [-0.05, 0) is 49.2 Å². The van der Waals surface area contributed by atoms with Crippen LogP contribution in [0, 0.1) is 0 Å². The van der Waals surface area contributed by atoms with Crippen LogP contribution >= 0.6 is 0 Å². The number of hydrazone groups is 2. The van der Waals surface area contributed by atoms with E-state index in [2.05, 4.69) is 59.5 Å². The van der Waals surface area contributed by atoms with Crippen molar-refractivity contribution in [2.75, 3.05) is 33.8 Å². The molecule has 4 aromatic rings. The normalized spacial score (nSPS) is 12.0. The zero-order chi connectivity index (χ0) is 48.8. The van der Waals surface area contributed by atoms with Gasteiger partial charge in [-0.2, -0.15) is 10.2 Å². The van der Waals surface area contributed by atoms with Gasteiger partial charge in [-0.3, -0.25) is 19.2 Å². The van der Waals surface area contributed by atoms with Gasteiger partial charge in [0.15, 0.2) is 0 Å². The van der Waals surface area contributed by atoms with E-state index in [4.69, 9.17) is 9.84 Å². The molecule has 2 atom stereocenters. The van der Waals surface area contributed by atoms with Gasteiger partial charge >= 0.3 is 24.0 Å². The van der Waals surface area contributed by atoms with Gasteiger partial charge in [-0.1, -0.05) is 161 Å². The zero-order valence-electron chi connectivity index (χ0n) is 38.3. The van der Waals surface area contributed by atoms with E-state index in [-0.39, 0.29) is 24.6 Å². The average Bonchev–Trinajstić information content (AvgIpc) is 3.35. The second-order valence-electron chi connectivity index (χ2n) is 14.7. The van der Waals surface area contributed by atoms with Crippen LogP contribution in [0.5, 0.6) is 0 Å². The predicted octanol–water partition coefficient (Wildman–Crippen LogP) is 4.68. The van der Waals surface area contributed by atoms with Crippen molar-refractivity contribution in [1.29, 1.82) is 0 Å². The molecule has 18 nitrogen and oxygen atoms in total. The summed E-state index contributed by atoms with van der Waals surface area (Å²) in [5, 5.41) is 33.5. The second kappa shape index (κ2) is 30.4. The molecule has 0 bridgehead atoms. The van der Waals surface area contributed by atoms with E-state index < -0.39 is 66.5 Å². The Morgan fingerprint density at radius 2 is 0.925 bits per heavy atom. The summed E-state index contributed by atoms with van der Waals surface area (Å²) in [6.07, 6.45) is 4.15. The standard InChI is InChI=1S/C26H33N5O4.C23H29N5O4/c1-4-12-21(27-3)24(25(33)28-18-22(32)35-17-5-2)30-31-26(34)29-23(19-13-8-6-9-14-19)20-15-10-7-11-16-20;1-3-10-18(24-2)21(22(31)25-15-19(29)30)27-28-23(32)26-20(16-11-6-4-7-12-16)17-13-8-5-9-14-17/h5-11,13-16,21,23,27H,2,4,12,17-18H2,1,3H3,(H,28,33)(H2,29,31,34);4-9,11-14,18,20,24H,3,10,15H2,1-2H3,(H,25,31)(H,29,30)(H2,26,28,32)/b30-24-;27-21-. The van der Waals surface area contributed by atoms with Crippen LogP contribution in [-0.2, 0) is 23.9 Å². The quantitative estimate of drug-likeness (QED) is 0.0203. The molecule has 2 unspecified atom stereocenters. The Kier molecular flexibility index (Phi) is 24.4. The number of rotatable bonds is 24. The van der Waals surface area contributed by atoms with Crippen molar-refractivity contribution in [3.63, 3.8) is 0 Å². The fraction of sp³-hybridized carbons (Fsp3) is 0.306. The molecule has 0 spiro atoms. The molecule has 0 radical (unpaired) electrons. The van der Waals surface area contributed by atoms with E-state index in [1.807, 2.05) is 135 Å². The summed E-state index contributed by atoms with van der Waals surface area (Å²) in [6, 6.07) is 35.1. The third-order valence-electron chi connectivity index (χ3n) is 9.77. The Bertz CT molecular complexity index is 2150. The summed E-state index contributed by atoms with van der Waals surface area (Å²) in [5.74, 6) is -3.03. The van der Waals surface area contributed by atoms with Crippen molar-refractivity contribution < 1.29 is 38.6 Å². The fourth-order valence-electron chi connectivity index (χ4n) is 6.53. The Morgan fingerprint density at radius 1 is 0.582 bits per heavy atom. The summed E-state index contributed by atoms with van der Waals surface area (Å²) in [7, 11) is 3.36. The molecule has 4 aromatic carbocycles. The van der Waals surface area contributed by atoms with Crippen molar-refractivity contribution in [2.45, 2.75) is 63.7 Å². The molecule has 0 aliphatic heterocycles. The molecule has 0 saturated carbocycles. The molecule has 67 heavy (non-hydrogen) atoms. The fourth-order valence-corrected chi connectivity index (χ4v) is 6.53. The molecule has 0 aliphatic rings. The third-order valence-corrected chi connectivity index (χ3v) is 9.77. The molecule has 0 saturated heterocycles. The van der Waals surface area contributed by atoms with Crippen LogP contribution in [0.3, 0.4) is 0 Å². The largest absolute Gasteiger partial charge is 0.480 e. The number of urea groups is 2. The topological polar surface area (TPSA) is 253 Å². The first-order chi connectivity index (χ1) is 32.4. The van der Waals surface area contributed by atoms with Gasteiger partial charge < -0.3 is 41.7 Å². The van der Waals surface area contributed by atoms with E-state index in [0.717, 1.165) is 35.1 Å². The number of carboxylic acid groups (broad SMARTS) is 1. The van der Waals surface area contributed by atoms with E-state index >= 15 is 0 Å². The number of aliphatic carboxylic acids is 1. The Morgan fingerprint density at radius 3 is 1.22 bits per heavy atom. The molecule has 9 N–H and O–H groups in total. The van der Waals surface area contributed by atoms with Crippen LogP contribution in [-0.4, -0.2) is 98.2 Å². The van der Waals surface area contributed by atoms with Gasteiger partial charge in [0.25, 0.3) is 11.8 Å². The van der Waals surface area contributed by atoms with Gasteiger partial charge in [0, 0.05) is 0 Å². The van der Waals surface area contributed by atoms with Crippen molar-refractivity contribution in [3.05, 3.63) is 156 Å². The van der Waals surface area contributed by atoms with Crippen LogP contribution in [0.1, 0.15) is 73.9 Å². The number of benzene rings is 4. The number of hydrogen-bond donors (Lipinski definition) is 9. The van der Waals surface area contributed by atoms with Crippen molar-refractivity contribution >= 4 is 47.2 Å². The molecule has 0 fully saturated rings. The number of nitrogens with one attached hydrogen (secondary N) is 8. The predicted molar refractivity (Wildman–Crippen MR) is 258 cm³/mol. The van der Waals surface area contributed by atoms with E-state index in [1.165, 1.54) is 6.08 Å². The zero-order valence-corrected chi connectivity index (χ0v) is 38.3. The lowest BCUT2D eigenvalue weighted by Crippen LogP contribution is -2.47. The Hall–Kier alpha value is -7.70. The molecule has 0 heterocycles. The van der Waals surface area contributed by atoms with Crippen LogP contribution in [0.4, 0.5) is 9.59 Å². The number of carboxylic acids is 1. The number of esters is 1. The van der Waals surface area contributed by atoms with E-state index in [1.54, 1.807) is 14.1 Å². The number of nitrogens with zero attached hydrogens (tertiary/aromatic N) is 2. The number of carbonyl (C=O) groups excluding carboxylic acids is 5. The van der Waals surface area contributed by atoms with Crippen molar-refractivity contribution in [3.8, 4) is 0 Å². The number of ether oxygens (including phenoxy) is 1. The Balaban J connectivity index is 0.000000357. The summed E-state index contributed by atoms with van der Waals surface area (Å²) < 4.78 is 4.87. The lowest BCUT2D eigenvalue weighted by molar-refractivity contribution is -0.142. The summed E-state index contributed by atoms with van der Waals surface area (Å²) in [5.41, 5.74) is 8.44. The van der Waals surface area contributed by atoms with Crippen molar-refractivity contribution in [2.24, 2.45) is 10.2 Å². The lowest BCUT2D eigenvalue weighted by atomic mass is 9.99. The minimum absolute atomic E-state index is 0.00159. The van der Waals surface area contributed by atoms with Gasteiger partial charge in [0.2, 0.25) is 0 Å². The minimum atomic E-state index is -1.17. The maximum Gasteiger partial charge on any atom is 0.335 e. The highest BCUT2D eigenvalue weighted by Crippen LogP contribution is 2.23. The third kappa shape index (κ3) is 19.1. The molecular weight excluding hydrogens is 857 g/mol. The molecule has 18 heteroatoms. The average molecular weight is 919 g/mol. The maximum atomic E-state index is 12.8. The van der Waals surface area contributed by atoms with E-state index in [0.29, 0.717) is 12.8 Å². The van der Waals surface area contributed by atoms with E-state index in [9.17, 15) is 28.8 Å². The maximum absolute atomic E-state index is 12.8. The molecule has 0 aromatic heterocycles. The highest BCUT2D eigenvalue weighted by molar-refractivity contribution is 6.41. The van der Waals surface area contributed by atoms with Crippen LogP contribution in [0.2, 0.25) is 0 Å². The number of carbonyl (C=O) groups is 6. The molecular formula is C49H62N10O8. The minimum Gasteiger partial charge on any atom is -0.480 e. The molecule has 6 amide bonds. The smallest absolute Gasteiger partial charge is 0.335 e. The molecule has 356 valence electrons. The molecule has 0 aliphatic carbocycles. The summed E-state index contributed by atoms with van der Waals surface area (Å²) >= 11 is 0. The summed E-state index contributed by atoms with van der Waals surface area (Å²) in [6.45, 7) is 6.57. The second-order valence-corrected chi connectivity index (χ2v) is 14.7. The van der Waals surface area contributed by atoms with Crippen LogP contribution < -0.4 is 42.8 Å². The van der Waals surface area contributed by atoms with Crippen molar-refractivity contribution in [1.82, 2.24) is 42.8 Å². The van der Waals surface area contributed by atoms with Crippen LogP contribution in [0.15, 0.2) is 144 Å². The summed E-state index contributed by atoms with van der Waals surface area (Å²) in [4.78, 5) is 73.3. The SMILES string of the molecule is C=CCOC(=O)CNC(=O)/C(=N\NC(=O)NC(c1ccccc1)c1ccccc1)C(CCC)NC.CCCC(NC)/C(=N/NC(=O)NC(c1ccccc1)c1ccccc1)C(=O)NCC(=O)O.